The highest BCUT2D eigenvalue weighted by Gasteiger charge is 2.33. The van der Waals surface area contributed by atoms with E-state index in [9.17, 15) is 9.59 Å². The van der Waals surface area contributed by atoms with Gasteiger partial charge in [-0.05, 0) is 0 Å². The zero-order chi connectivity index (χ0) is 11.9. The molecule has 0 saturated heterocycles. The van der Waals surface area contributed by atoms with E-state index in [-0.39, 0.29) is 10.6 Å². The van der Waals surface area contributed by atoms with Gasteiger partial charge in [0.05, 0.1) is 6.20 Å². The van der Waals surface area contributed by atoms with Gasteiger partial charge in [0, 0.05) is 6.20 Å². The van der Waals surface area contributed by atoms with E-state index in [0.717, 1.165) is 10.0 Å². The van der Waals surface area contributed by atoms with Gasteiger partial charge in [0.2, 0.25) is 0 Å². The molecule has 0 atom stereocenters. The highest BCUT2D eigenvalue weighted by atomic mass is 32.1. The Morgan fingerprint density at radius 3 is 2.62 bits per heavy atom. The summed E-state index contributed by atoms with van der Waals surface area (Å²) in [6, 6.07) is 0. The van der Waals surface area contributed by atoms with Gasteiger partial charge in [0.15, 0.2) is 0 Å². The number of nitrogens with one attached hydrogen (secondary N) is 2. The van der Waals surface area contributed by atoms with E-state index in [1.807, 2.05) is 0 Å². The molecular weight excluding hydrogens is 236 g/mol. The maximum absolute atomic E-state index is 10.8. The Kier molecular flexibility index (Phi) is 2.25. The molecule has 2 aliphatic rings. The zero-order valence-electron chi connectivity index (χ0n) is 7.67. The largest absolute Gasteiger partial charge is 0.478 e. The van der Waals surface area contributed by atoms with Crippen LogP contribution in [0.25, 0.3) is 0 Å². The first kappa shape index (κ1) is 10.4. The van der Waals surface area contributed by atoms with Crippen molar-refractivity contribution in [3.63, 3.8) is 0 Å². The maximum atomic E-state index is 10.8. The highest BCUT2D eigenvalue weighted by molar-refractivity contribution is 7.80. The Morgan fingerprint density at radius 1 is 1.38 bits per heavy atom. The number of carbonyl (C=O) groups is 2. The molecule has 0 aliphatic carbocycles. The van der Waals surface area contributed by atoms with Crippen LogP contribution < -0.4 is 10.9 Å². The Labute approximate surface area is 94.4 Å². The van der Waals surface area contributed by atoms with Gasteiger partial charge in [-0.3, -0.25) is 0 Å². The highest BCUT2D eigenvalue weighted by Crippen LogP contribution is 2.18. The van der Waals surface area contributed by atoms with Crippen molar-refractivity contribution in [3.8, 4) is 0 Å². The van der Waals surface area contributed by atoms with E-state index >= 15 is 0 Å². The second-order valence-corrected chi connectivity index (χ2v) is 3.30. The molecule has 0 bridgehead atoms. The fraction of sp³-hybridized carbons (Fsp3) is 0. The molecule has 0 unspecified atom stereocenters. The summed E-state index contributed by atoms with van der Waals surface area (Å²) in [5.74, 6) is -0.843. The molecule has 2 aliphatic heterocycles. The van der Waals surface area contributed by atoms with E-state index in [1.165, 1.54) is 12.4 Å². The molecule has 0 aromatic carbocycles. The second kappa shape index (κ2) is 3.47. The number of carboxylic acid groups (broad SMARTS) is 2. The van der Waals surface area contributed by atoms with E-state index < -0.39 is 12.1 Å². The lowest BCUT2D eigenvalue weighted by molar-refractivity contribution is -0.132. The van der Waals surface area contributed by atoms with Crippen LogP contribution in [-0.2, 0) is 4.79 Å². The number of hydrazine groups is 2. The van der Waals surface area contributed by atoms with Crippen LogP contribution in [0.1, 0.15) is 0 Å². The molecule has 8 nitrogen and oxygen atoms in total. The lowest BCUT2D eigenvalue weighted by Gasteiger charge is -2.26. The SMILES string of the molecule is O=C(O)C1=CNC2=CN(C(=O)O)NN2C1=S. The number of carboxylic acids is 1. The predicted molar refractivity (Wildman–Crippen MR) is 54.4 cm³/mol. The Balaban J connectivity index is 2.26. The lowest BCUT2D eigenvalue weighted by Crippen LogP contribution is -2.49. The van der Waals surface area contributed by atoms with Gasteiger partial charge in [-0.15, -0.1) is 5.53 Å². The van der Waals surface area contributed by atoms with Crippen molar-refractivity contribution < 1.29 is 19.8 Å². The summed E-state index contributed by atoms with van der Waals surface area (Å²) in [6.07, 6.45) is 1.22. The monoisotopic (exact) mass is 242 g/mol. The van der Waals surface area contributed by atoms with Crippen molar-refractivity contribution >= 4 is 29.3 Å². The molecule has 16 heavy (non-hydrogen) atoms. The number of hydrogen-bond acceptors (Lipinski definition) is 5. The molecule has 0 aromatic heterocycles. The smallest absolute Gasteiger partial charge is 0.427 e. The molecule has 0 spiro atoms. The first-order valence-electron chi connectivity index (χ1n) is 4.05. The van der Waals surface area contributed by atoms with Crippen LogP contribution in [0.5, 0.6) is 0 Å². The third-order valence-corrected chi connectivity index (χ3v) is 2.34. The standard InChI is InChI=1S/C7H6N4O4S/c12-6(13)3-1-8-4-2-10(7(14)15)9-11(4)5(3)16/h1-2,8-9H,(H,12,13)(H,14,15). The van der Waals surface area contributed by atoms with Crippen LogP contribution >= 0.6 is 12.2 Å². The Hall–Kier alpha value is -2.13. The predicted octanol–water partition coefficient (Wildman–Crippen LogP) is -0.600. The van der Waals surface area contributed by atoms with Gasteiger partial charge >= 0.3 is 12.1 Å². The van der Waals surface area contributed by atoms with Crippen molar-refractivity contribution in [2.75, 3.05) is 0 Å². The number of nitrogens with zero attached hydrogens (tertiary/aromatic N) is 2. The van der Waals surface area contributed by atoms with E-state index in [2.05, 4.69) is 10.9 Å². The average molecular weight is 242 g/mol. The second-order valence-electron chi connectivity index (χ2n) is 2.91. The minimum Gasteiger partial charge on any atom is -0.478 e. The molecule has 2 rings (SSSR count). The van der Waals surface area contributed by atoms with E-state index in [0.29, 0.717) is 5.82 Å². The van der Waals surface area contributed by atoms with Crippen molar-refractivity contribution in [3.05, 3.63) is 23.8 Å². The third kappa shape index (κ3) is 1.47. The average Bonchev–Trinajstić information content (AvgIpc) is 2.62. The molecule has 1 amide bonds. The van der Waals surface area contributed by atoms with Crippen molar-refractivity contribution in [1.82, 2.24) is 20.9 Å². The Bertz CT molecular complexity index is 457. The maximum Gasteiger partial charge on any atom is 0.427 e. The summed E-state index contributed by atoms with van der Waals surface area (Å²) < 4.78 is 0. The summed E-state index contributed by atoms with van der Waals surface area (Å²) >= 11 is 4.89. The number of aliphatic carboxylic acids is 1. The fourth-order valence-corrected chi connectivity index (χ4v) is 1.49. The molecule has 4 N–H and O–H groups in total. The summed E-state index contributed by atoms with van der Waals surface area (Å²) in [7, 11) is 0. The minimum absolute atomic E-state index is 0.0127. The first-order valence-corrected chi connectivity index (χ1v) is 4.46. The summed E-state index contributed by atoms with van der Waals surface area (Å²) in [5.41, 5.74) is 2.27. The molecule has 0 saturated carbocycles. The lowest BCUT2D eigenvalue weighted by atomic mass is 10.2. The van der Waals surface area contributed by atoms with Gasteiger partial charge in [-0.2, -0.15) is 5.01 Å². The van der Waals surface area contributed by atoms with Crippen LogP contribution in [0.4, 0.5) is 4.79 Å². The first-order chi connectivity index (χ1) is 7.50. The van der Waals surface area contributed by atoms with Gasteiger partial charge in [0.1, 0.15) is 16.4 Å². The number of thiocarbonyl (C=S) groups is 1. The summed E-state index contributed by atoms with van der Waals surface area (Å²) in [5, 5.41) is 22.0. The van der Waals surface area contributed by atoms with Gasteiger partial charge in [-0.1, -0.05) is 12.2 Å². The van der Waals surface area contributed by atoms with E-state index in [1.54, 1.807) is 0 Å². The third-order valence-electron chi connectivity index (χ3n) is 1.93. The number of rotatable bonds is 1. The van der Waals surface area contributed by atoms with Crippen molar-refractivity contribution in [2.24, 2.45) is 0 Å². The quantitative estimate of drug-likeness (QED) is 0.452. The molecule has 0 aromatic rings. The molecule has 9 heteroatoms. The topological polar surface area (TPSA) is 105 Å². The molecular formula is C7H6N4O4S. The van der Waals surface area contributed by atoms with Crippen LogP contribution in [-0.4, -0.2) is 37.3 Å². The van der Waals surface area contributed by atoms with Crippen LogP contribution in [0.2, 0.25) is 0 Å². The van der Waals surface area contributed by atoms with Crippen molar-refractivity contribution in [1.29, 1.82) is 0 Å². The summed E-state index contributed by atoms with van der Waals surface area (Å²) in [6.45, 7) is 0. The normalized spacial score (nSPS) is 18.6. The van der Waals surface area contributed by atoms with Crippen LogP contribution in [0, 0.1) is 0 Å². The zero-order valence-corrected chi connectivity index (χ0v) is 8.48. The van der Waals surface area contributed by atoms with Gasteiger partial charge in [-0.25, -0.2) is 14.6 Å². The number of fused-ring (bicyclic) bond motifs is 1. The van der Waals surface area contributed by atoms with Gasteiger partial charge < -0.3 is 15.5 Å². The molecule has 0 radical (unpaired) electrons. The number of amides is 1. The van der Waals surface area contributed by atoms with Crippen LogP contribution in [0.15, 0.2) is 23.8 Å². The van der Waals surface area contributed by atoms with Crippen molar-refractivity contribution in [2.45, 2.75) is 0 Å². The summed E-state index contributed by atoms with van der Waals surface area (Å²) in [4.78, 5) is 21.4. The Morgan fingerprint density at radius 2 is 2.06 bits per heavy atom. The van der Waals surface area contributed by atoms with Crippen LogP contribution in [0.3, 0.4) is 0 Å². The fourth-order valence-electron chi connectivity index (χ4n) is 1.21. The molecule has 0 fully saturated rings. The minimum atomic E-state index is -1.23. The molecule has 2 heterocycles. The number of hydrogen-bond donors (Lipinski definition) is 4. The van der Waals surface area contributed by atoms with Gasteiger partial charge in [0.25, 0.3) is 0 Å². The van der Waals surface area contributed by atoms with E-state index in [4.69, 9.17) is 22.4 Å². The molecule has 84 valence electrons.